The number of nitrogens with zero attached hydrogens (tertiary/aromatic N) is 3. The van der Waals surface area contributed by atoms with Gasteiger partial charge < -0.3 is 16.0 Å². The van der Waals surface area contributed by atoms with Gasteiger partial charge in [0.2, 0.25) is 0 Å². The number of aromatic nitrogens is 1. The number of guanidine groups is 1. The molecule has 0 bridgehead atoms. The fraction of sp³-hybridized carbons (Fsp3) is 0.250. The van der Waals surface area contributed by atoms with E-state index < -0.39 is 4.92 Å². The van der Waals surface area contributed by atoms with Crippen LogP contribution in [0.1, 0.15) is 5.69 Å². The number of aliphatic imine (C=N–C) groups is 1. The summed E-state index contributed by atoms with van der Waals surface area (Å²) < 4.78 is 0. The van der Waals surface area contributed by atoms with Crippen LogP contribution in [0.5, 0.6) is 0 Å². The maximum absolute atomic E-state index is 10.6. The molecular weight excluding hydrogens is 308 g/mol. The zero-order valence-electron chi connectivity index (χ0n) is 13.4. The van der Waals surface area contributed by atoms with Crippen LogP contribution >= 0.6 is 0 Å². The normalized spacial score (nSPS) is 11.0. The third-order valence-electron chi connectivity index (χ3n) is 3.21. The summed E-state index contributed by atoms with van der Waals surface area (Å²) in [6.45, 7) is 1.90. The number of anilines is 1. The zero-order valence-corrected chi connectivity index (χ0v) is 13.4. The number of pyridine rings is 1. The molecule has 126 valence electrons. The van der Waals surface area contributed by atoms with E-state index in [2.05, 4.69) is 25.9 Å². The second kappa shape index (κ2) is 9.09. The van der Waals surface area contributed by atoms with Crippen molar-refractivity contribution in [3.8, 4) is 0 Å². The number of nitro groups is 1. The molecule has 0 aliphatic heterocycles. The van der Waals surface area contributed by atoms with Crippen molar-refractivity contribution in [3.05, 3.63) is 64.5 Å². The standard InChI is InChI=1S/C16H20N6O2/c1-17-16(21-12-14-4-2-3-9-18-14)20-11-10-19-13-5-7-15(8-6-13)22(23)24/h2-9,19H,10-12H2,1H3,(H2,17,20,21). The molecule has 8 nitrogen and oxygen atoms in total. The Morgan fingerprint density at radius 1 is 1.17 bits per heavy atom. The largest absolute Gasteiger partial charge is 0.383 e. The first kappa shape index (κ1) is 17.2. The third kappa shape index (κ3) is 5.56. The van der Waals surface area contributed by atoms with E-state index in [0.717, 1.165) is 11.4 Å². The molecule has 1 aromatic carbocycles. The summed E-state index contributed by atoms with van der Waals surface area (Å²) in [7, 11) is 1.71. The first-order chi connectivity index (χ1) is 11.7. The van der Waals surface area contributed by atoms with E-state index in [1.807, 2.05) is 18.2 Å². The monoisotopic (exact) mass is 328 g/mol. The van der Waals surface area contributed by atoms with Gasteiger partial charge in [0.15, 0.2) is 5.96 Å². The smallest absolute Gasteiger partial charge is 0.269 e. The molecule has 1 heterocycles. The molecule has 2 aromatic rings. The highest BCUT2D eigenvalue weighted by Crippen LogP contribution is 2.14. The van der Waals surface area contributed by atoms with E-state index in [1.165, 1.54) is 12.1 Å². The zero-order chi connectivity index (χ0) is 17.2. The molecule has 0 spiro atoms. The first-order valence-electron chi connectivity index (χ1n) is 7.52. The average Bonchev–Trinajstić information content (AvgIpc) is 2.62. The van der Waals surface area contributed by atoms with E-state index in [0.29, 0.717) is 25.6 Å². The third-order valence-corrected chi connectivity index (χ3v) is 3.21. The highest BCUT2D eigenvalue weighted by atomic mass is 16.6. The quantitative estimate of drug-likeness (QED) is 0.235. The van der Waals surface area contributed by atoms with Gasteiger partial charge in [-0.2, -0.15) is 0 Å². The lowest BCUT2D eigenvalue weighted by molar-refractivity contribution is -0.384. The molecule has 0 amide bonds. The average molecular weight is 328 g/mol. The first-order valence-corrected chi connectivity index (χ1v) is 7.52. The number of nitro benzene ring substituents is 1. The Balaban J connectivity index is 1.69. The van der Waals surface area contributed by atoms with Gasteiger partial charge in [0.05, 0.1) is 17.2 Å². The van der Waals surface area contributed by atoms with Gasteiger partial charge >= 0.3 is 0 Å². The fourth-order valence-electron chi connectivity index (χ4n) is 1.99. The van der Waals surface area contributed by atoms with Gasteiger partial charge in [-0.05, 0) is 24.3 Å². The Hall–Kier alpha value is -3.16. The Labute approximate surface area is 140 Å². The molecule has 0 aliphatic rings. The molecular formula is C16H20N6O2. The van der Waals surface area contributed by atoms with Crippen LogP contribution in [-0.2, 0) is 6.54 Å². The van der Waals surface area contributed by atoms with Crippen LogP contribution in [0.2, 0.25) is 0 Å². The number of nitrogens with one attached hydrogen (secondary N) is 3. The second-order valence-corrected chi connectivity index (χ2v) is 4.90. The number of benzene rings is 1. The van der Waals surface area contributed by atoms with Crippen LogP contribution in [0, 0.1) is 10.1 Å². The minimum Gasteiger partial charge on any atom is -0.383 e. The lowest BCUT2D eigenvalue weighted by Crippen LogP contribution is -2.39. The van der Waals surface area contributed by atoms with Crippen molar-refractivity contribution in [1.82, 2.24) is 15.6 Å². The van der Waals surface area contributed by atoms with Crippen molar-refractivity contribution >= 4 is 17.3 Å². The van der Waals surface area contributed by atoms with Gasteiger partial charge in [0.25, 0.3) is 5.69 Å². The van der Waals surface area contributed by atoms with E-state index >= 15 is 0 Å². The van der Waals surface area contributed by atoms with Crippen LogP contribution in [0.25, 0.3) is 0 Å². The van der Waals surface area contributed by atoms with Gasteiger partial charge in [-0.25, -0.2) is 0 Å². The summed E-state index contributed by atoms with van der Waals surface area (Å²) in [6, 6.07) is 12.1. The summed E-state index contributed by atoms with van der Waals surface area (Å²) >= 11 is 0. The van der Waals surface area contributed by atoms with Crippen molar-refractivity contribution in [2.75, 3.05) is 25.5 Å². The summed E-state index contributed by atoms with van der Waals surface area (Å²) in [5.41, 5.74) is 1.85. The van der Waals surface area contributed by atoms with Crippen molar-refractivity contribution in [2.45, 2.75) is 6.54 Å². The molecule has 0 atom stereocenters. The van der Waals surface area contributed by atoms with Gasteiger partial charge in [0.1, 0.15) is 0 Å². The molecule has 3 N–H and O–H groups in total. The SMILES string of the molecule is CN=C(NCCNc1ccc([N+](=O)[O-])cc1)NCc1ccccn1. The Kier molecular flexibility index (Phi) is 6.51. The number of hydrogen-bond acceptors (Lipinski definition) is 5. The van der Waals surface area contributed by atoms with Crippen LogP contribution in [0.3, 0.4) is 0 Å². The molecule has 8 heteroatoms. The van der Waals surface area contributed by atoms with Gasteiger partial charge in [0, 0.05) is 44.2 Å². The minimum absolute atomic E-state index is 0.0813. The lowest BCUT2D eigenvalue weighted by Gasteiger charge is -2.12. The fourth-order valence-corrected chi connectivity index (χ4v) is 1.99. The maximum atomic E-state index is 10.6. The molecule has 0 unspecified atom stereocenters. The lowest BCUT2D eigenvalue weighted by atomic mass is 10.3. The summed E-state index contributed by atoms with van der Waals surface area (Å²) in [5.74, 6) is 0.686. The summed E-state index contributed by atoms with van der Waals surface area (Å²) in [4.78, 5) is 18.6. The van der Waals surface area contributed by atoms with Crippen LogP contribution < -0.4 is 16.0 Å². The predicted octanol–water partition coefficient (Wildman–Crippen LogP) is 1.77. The van der Waals surface area contributed by atoms with Crippen LogP contribution in [0.4, 0.5) is 11.4 Å². The highest BCUT2D eigenvalue weighted by molar-refractivity contribution is 5.79. The molecule has 0 saturated heterocycles. The summed E-state index contributed by atoms with van der Waals surface area (Å²) in [6.07, 6.45) is 1.75. The maximum Gasteiger partial charge on any atom is 0.269 e. The number of non-ortho nitro benzene ring substituents is 1. The molecule has 2 rings (SSSR count). The summed E-state index contributed by atoms with van der Waals surface area (Å²) in [5, 5.41) is 20.1. The molecule has 0 saturated carbocycles. The highest BCUT2D eigenvalue weighted by Gasteiger charge is 2.03. The van der Waals surface area contributed by atoms with Crippen molar-refractivity contribution in [3.63, 3.8) is 0 Å². The Morgan fingerprint density at radius 3 is 2.58 bits per heavy atom. The van der Waals surface area contributed by atoms with Crippen molar-refractivity contribution in [1.29, 1.82) is 0 Å². The Bertz CT molecular complexity index is 673. The number of rotatable bonds is 7. The molecule has 0 fully saturated rings. The Morgan fingerprint density at radius 2 is 1.96 bits per heavy atom. The van der Waals surface area contributed by atoms with E-state index in [1.54, 1.807) is 25.4 Å². The minimum atomic E-state index is -0.414. The van der Waals surface area contributed by atoms with E-state index in [9.17, 15) is 10.1 Å². The van der Waals surface area contributed by atoms with Crippen molar-refractivity contribution < 1.29 is 4.92 Å². The molecule has 0 aliphatic carbocycles. The predicted molar refractivity (Wildman–Crippen MR) is 94.0 cm³/mol. The molecule has 24 heavy (non-hydrogen) atoms. The van der Waals surface area contributed by atoms with Crippen LogP contribution in [-0.4, -0.2) is 36.0 Å². The molecule has 0 radical (unpaired) electrons. The van der Waals surface area contributed by atoms with Gasteiger partial charge in [-0.15, -0.1) is 0 Å². The van der Waals surface area contributed by atoms with Crippen molar-refractivity contribution in [2.24, 2.45) is 4.99 Å². The van der Waals surface area contributed by atoms with Gasteiger partial charge in [-0.1, -0.05) is 6.07 Å². The van der Waals surface area contributed by atoms with Crippen LogP contribution in [0.15, 0.2) is 53.7 Å². The number of hydrogen-bond donors (Lipinski definition) is 3. The van der Waals surface area contributed by atoms with E-state index in [4.69, 9.17) is 0 Å². The molecule has 1 aromatic heterocycles. The topological polar surface area (TPSA) is 104 Å². The van der Waals surface area contributed by atoms with Gasteiger partial charge in [-0.3, -0.25) is 20.1 Å². The second-order valence-electron chi connectivity index (χ2n) is 4.90. The van der Waals surface area contributed by atoms with E-state index in [-0.39, 0.29) is 5.69 Å².